The van der Waals surface area contributed by atoms with Gasteiger partial charge < -0.3 is 20.1 Å². The van der Waals surface area contributed by atoms with Gasteiger partial charge in [-0.15, -0.1) is 0 Å². The first kappa shape index (κ1) is 23.4. The first-order chi connectivity index (χ1) is 15.2. The van der Waals surface area contributed by atoms with Crippen LogP contribution in [0.2, 0.25) is 0 Å². The standard InChI is InChI=1S/C22H28FN5O4/c1-14(2)20(25-21(30)16-4-6-17(23)7-5-16)22(31)28-10-8-27(9-11-28)13-19(29)24-18-12-15(3)32-26-18/h4-7,12,14,20H,8-11,13H2,1-3H3,(H,25,30)(H,24,26,29)/t20-/m0/s1. The van der Waals surface area contributed by atoms with Crippen LogP contribution < -0.4 is 10.6 Å². The van der Waals surface area contributed by atoms with Gasteiger partial charge in [-0.05, 0) is 37.1 Å². The van der Waals surface area contributed by atoms with E-state index in [0.29, 0.717) is 43.3 Å². The van der Waals surface area contributed by atoms with Gasteiger partial charge in [0.15, 0.2) is 5.82 Å². The molecule has 0 saturated carbocycles. The molecule has 1 aromatic carbocycles. The largest absolute Gasteiger partial charge is 0.360 e. The molecular formula is C22H28FN5O4. The molecule has 32 heavy (non-hydrogen) atoms. The average Bonchev–Trinajstić information content (AvgIpc) is 3.16. The molecule has 1 aromatic heterocycles. The molecule has 0 aliphatic carbocycles. The molecule has 9 nitrogen and oxygen atoms in total. The number of nitrogens with zero attached hydrogens (tertiary/aromatic N) is 3. The predicted molar refractivity (Wildman–Crippen MR) is 115 cm³/mol. The molecule has 0 unspecified atom stereocenters. The molecule has 10 heteroatoms. The number of rotatable bonds is 7. The second-order valence-corrected chi connectivity index (χ2v) is 8.17. The van der Waals surface area contributed by atoms with Crippen molar-refractivity contribution < 1.29 is 23.3 Å². The second-order valence-electron chi connectivity index (χ2n) is 8.17. The van der Waals surface area contributed by atoms with E-state index in [1.54, 1.807) is 17.9 Å². The lowest BCUT2D eigenvalue weighted by atomic mass is 10.0. The summed E-state index contributed by atoms with van der Waals surface area (Å²) in [6, 6.07) is 6.13. The van der Waals surface area contributed by atoms with Crippen molar-refractivity contribution in [2.75, 3.05) is 38.0 Å². The molecule has 1 saturated heterocycles. The minimum atomic E-state index is -0.696. The zero-order valence-electron chi connectivity index (χ0n) is 18.4. The molecule has 3 rings (SSSR count). The van der Waals surface area contributed by atoms with E-state index in [9.17, 15) is 18.8 Å². The number of piperazine rings is 1. The van der Waals surface area contributed by atoms with Crippen LogP contribution in [-0.2, 0) is 9.59 Å². The van der Waals surface area contributed by atoms with Crippen LogP contribution >= 0.6 is 0 Å². The Morgan fingerprint density at radius 2 is 1.78 bits per heavy atom. The fraction of sp³-hybridized carbons (Fsp3) is 0.455. The number of aromatic nitrogens is 1. The molecule has 0 radical (unpaired) electrons. The van der Waals surface area contributed by atoms with Crippen LogP contribution in [-0.4, -0.2) is 71.4 Å². The third kappa shape index (κ3) is 6.13. The summed E-state index contributed by atoms with van der Waals surface area (Å²) in [4.78, 5) is 41.4. The molecule has 1 fully saturated rings. The lowest BCUT2D eigenvalue weighted by Crippen LogP contribution is -2.57. The van der Waals surface area contributed by atoms with Gasteiger partial charge >= 0.3 is 0 Å². The van der Waals surface area contributed by atoms with Crippen molar-refractivity contribution in [3.05, 3.63) is 47.5 Å². The number of anilines is 1. The molecular weight excluding hydrogens is 417 g/mol. The smallest absolute Gasteiger partial charge is 0.251 e. The van der Waals surface area contributed by atoms with Crippen molar-refractivity contribution >= 4 is 23.5 Å². The minimum Gasteiger partial charge on any atom is -0.360 e. The van der Waals surface area contributed by atoms with Gasteiger partial charge in [-0.3, -0.25) is 19.3 Å². The third-order valence-corrected chi connectivity index (χ3v) is 5.27. The van der Waals surface area contributed by atoms with Crippen molar-refractivity contribution in [2.45, 2.75) is 26.8 Å². The van der Waals surface area contributed by atoms with Crippen molar-refractivity contribution in [3.63, 3.8) is 0 Å². The van der Waals surface area contributed by atoms with Gasteiger partial charge in [0.05, 0.1) is 6.54 Å². The Hall–Kier alpha value is -3.27. The van der Waals surface area contributed by atoms with Gasteiger partial charge in [0.2, 0.25) is 11.8 Å². The fourth-order valence-electron chi connectivity index (χ4n) is 3.47. The topological polar surface area (TPSA) is 108 Å². The van der Waals surface area contributed by atoms with Crippen LogP contribution in [0.25, 0.3) is 0 Å². The maximum absolute atomic E-state index is 13.1. The summed E-state index contributed by atoms with van der Waals surface area (Å²) in [6.07, 6.45) is 0. The fourth-order valence-corrected chi connectivity index (χ4v) is 3.47. The number of aryl methyl sites for hydroxylation is 1. The molecule has 0 spiro atoms. The SMILES string of the molecule is Cc1cc(NC(=O)CN2CCN(C(=O)[C@@H](NC(=O)c3ccc(F)cc3)C(C)C)CC2)no1. The second kappa shape index (κ2) is 10.4. The van der Waals surface area contributed by atoms with E-state index >= 15 is 0 Å². The highest BCUT2D eigenvalue weighted by Crippen LogP contribution is 2.12. The summed E-state index contributed by atoms with van der Waals surface area (Å²) in [6.45, 7) is 7.62. The van der Waals surface area contributed by atoms with Crippen LogP contribution in [0.15, 0.2) is 34.9 Å². The van der Waals surface area contributed by atoms with Crippen molar-refractivity contribution in [3.8, 4) is 0 Å². The van der Waals surface area contributed by atoms with E-state index in [0.717, 1.165) is 0 Å². The van der Waals surface area contributed by atoms with E-state index in [-0.39, 0.29) is 24.3 Å². The Balaban J connectivity index is 1.51. The first-order valence-electron chi connectivity index (χ1n) is 10.5. The molecule has 1 aliphatic rings. The summed E-state index contributed by atoms with van der Waals surface area (Å²) >= 11 is 0. The number of hydrogen-bond acceptors (Lipinski definition) is 6. The number of benzene rings is 1. The van der Waals surface area contributed by atoms with Gasteiger partial charge in [-0.25, -0.2) is 4.39 Å². The third-order valence-electron chi connectivity index (χ3n) is 5.27. The number of hydrogen-bond donors (Lipinski definition) is 2. The number of amides is 3. The Bertz CT molecular complexity index is 951. The summed E-state index contributed by atoms with van der Waals surface area (Å²) in [5.41, 5.74) is 0.294. The van der Waals surface area contributed by atoms with Crippen molar-refractivity contribution in [1.29, 1.82) is 0 Å². The van der Waals surface area contributed by atoms with Crippen LogP contribution in [0.5, 0.6) is 0 Å². The van der Waals surface area contributed by atoms with Gasteiger partial charge in [-0.1, -0.05) is 19.0 Å². The number of halogens is 1. The number of nitrogens with one attached hydrogen (secondary N) is 2. The van der Waals surface area contributed by atoms with E-state index in [1.807, 2.05) is 18.7 Å². The van der Waals surface area contributed by atoms with Crippen LogP contribution in [0, 0.1) is 18.7 Å². The van der Waals surface area contributed by atoms with Crippen molar-refractivity contribution in [1.82, 2.24) is 20.3 Å². The molecule has 2 N–H and O–H groups in total. The van der Waals surface area contributed by atoms with Gasteiger partial charge in [0, 0.05) is 37.8 Å². The quantitative estimate of drug-likeness (QED) is 0.671. The summed E-state index contributed by atoms with van der Waals surface area (Å²) < 4.78 is 18.0. The van der Waals surface area contributed by atoms with Crippen LogP contribution in [0.4, 0.5) is 10.2 Å². The molecule has 1 atom stereocenters. The Labute approximate surface area is 185 Å². The van der Waals surface area contributed by atoms with E-state index in [2.05, 4.69) is 15.8 Å². The Kier molecular flexibility index (Phi) is 7.57. The summed E-state index contributed by atoms with van der Waals surface area (Å²) in [5, 5.41) is 9.19. The summed E-state index contributed by atoms with van der Waals surface area (Å²) in [5.74, 6) is -0.364. The molecule has 3 amide bonds. The highest BCUT2D eigenvalue weighted by molar-refractivity contribution is 5.97. The lowest BCUT2D eigenvalue weighted by molar-refractivity contribution is -0.136. The molecule has 0 bridgehead atoms. The zero-order valence-corrected chi connectivity index (χ0v) is 18.4. The van der Waals surface area contributed by atoms with Crippen molar-refractivity contribution in [2.24, 2.45) is 5.92 Å². The first-order valence-corrected chi connectivity index (χ1v) is 10.5. The lowest BCUT2D eigenvalue weighted by Gasteiger charge is -2.37. The van der Waals surface area contributed by atoms with Crippen LogP contribution in [0.1, 0.15) is 30.0 Å². The van der Waals surface area contributed by atoms with Gasteiger partial charge in [-0.2, -0.15) is 0 Å². The highest BCUT2D eigenvalue weighted by Gasteiger charge is 2.31. The predicted octanol–water partition coefficient (Wildman–Crippen LogP) is 1.66. The Morgan fingerprint density at radius 1 is 1.12 bits per heavy atom. The zero-order chi connectivity index (χ0) is 23.3. The van der Waals surface area contributed by atoms with E-state index in [4.69, 9.17) is 4.52 Å². The van der Waals surface area contributed by atoms with E-state index in [1.165, 1.54) is 24.3 Å². The monoisotopic (exact) mass is 445 g/mol. The van der Waals surface area contributed by atoms with E-state index < -0.39 is 17.8 Å². The minimum absolute atomic E-state index is 0.123. The molecule has 172 valence electrons. The number of carbonyl (C=O) groups is 3. The number of carbonyl (C=O) groups excluding carboxylic acids is 3. The van der Waals surface area contributed by atoms with Gasteiger partial charge in [0.25, 0.3) is 5.91 Å². The molecule has 2 aromatic rings. The normalized spacial score (nSPS) is 15.5. The van der Waals surface area contributed by atoms with Gasteiger partial charge in [0.1, 0.15) is 17.6 Å². The summed E-state index contributed by atoms with van der Waals surface area (Å²) in [7, 11) is 0. The highest BCUT2D eigenvalue weighted by atomic mass is 19.1. The molecule has 2 heterocycles. The maximum Gasteiger partial charge on any atom is 0.251 e. The maximum atomic E-state index is 13.1. The average molecular weight is 445 g/mol. The Morgan fingerprint density at radius 3 is 2.34 bits per heavy atom. The molecule has 1 aliphatic heterocycles. The van der Waals surface area contributed by atoms with Crippen LogP contribution in [0.3, 0.4) is 0 Å².